The number of anilines is 1. The average Bonchev–Trinajstić information content (AvgIpc) is 2.75. The topological polar surface area (TPSA) is 62.3 Å². The zero-order chi connectivity index (χ0) is 22.8. The molecule has 0 aliphatic carbocycles. The predicted molar refractivity (Wildman–Crippen MR) is 132 cm³/mol. The number of amides is 2. The van der Waals surface area contributed by atoms with E-state index in [2.05, 4.69) is 10.3 Å². The maximum absolute atomic E-state index is 13.2. The Labute approximate surface area is 208 Å². The standard InChI is InChI=1S/C22H12Cl3N3O2S2/c23-13-3-6-15(7-4-13)28-21(30)16(19(29)27-22(28)31)10-12-2-1-9-26-20(12)32-18-8-5-14(24)11-17(18)25/h1-11H,(H,27,29,31)/b16-10-. The molecule has 0 bridgehead atoms. The number of halogens is 3. The van der Waals surface area contributed by atoms with Gasteiger partial charge in [0.05, 0.1) is 10.7 Å². The fourth-order valence-corrected chi connectivity index (χ4v) is 4.69. The van der Waals surface area contributed by atoms with Gasteiger partial charge < -0.3 is 0 Å². The molecule has 1 fully saturated rings. The molecule has 1 aliphatic rings. The van der Waals surface area contributed by atoms with Gasteiger partial charge in [0.1, 0.15) is 10.6 Å². The van der Waals surface area contributed by atoms with E-state index < -0.39 is 11.8 Å². The van der Waals surface area contributed by atoms with Gasteiger partial charge in [0, 0.05) is 26.7 Å². The Hall–Kier alpha value is -2.42. The first kappa shape index (κ1) is 22.8. The van der Waals surface area contributed by atoms with Gasteiger partial charge in [-0.15, -0.1) is 0 Å². The zero-order valence-corrected chi connectivity index (χ0v) is 19.9. The second kappa shape index (κ2) is 9.60. The van der Waals surface area contributed by atoms with Crippen LogP contribution in [0.15, 0.2) is 76.3 Å². The Kier molecular flexibility index (Phi) is 6.83. The molecule has 10 heteroatoms. The van der Waals surface area contributed by atoms with E-state index in [1.165, 1.54) is 22.7 Å². The normalized spacial score (nSPS) is 15.3. The molecule has 2 heterocycles. The summed E-state index contributed by atoms with van der Waals surface area (Å²) in [5.41, 5.74) is 0.987. The summed E-state index contributed by atoms with van der Waals surface area (Å²) in [7, 11) is 0. The quantitative estimate of drug-likeness (QED) is 0.259. The summed E-state index contributed by atoms with van der Waals surface area (Å²) in [4.78, 5) is 32.2. The fourth-order valence-electron chi connectivity index (χ4n) is 2.90. The number of nitrogens with one attached hydrogen (secondary N) is 1. The van der Waals surface area contributed by atoms with Crippen LogP contribution in [0.4, 0.5) is 5.69 Å². The first-order valence-corrected chi connectivity index (χ1v) is 11.4. The Morgan fingerprint density at radius 3 is 2.44 bits per heavy atom. The molecule has 4 rings (SSSR count). The van der Waals surface area contributed by atoms with Crippen LogP contribution in [0.1, 0.15) is 5.56 Å². The van der Waals surface area contributed by atoms with Crippen LogP contribution in [0.25, 0.3) is 6.08 Å². The van der Waals surface area contributed by atoms with E-state index in [0.29, 0.717) is 31.3 Å². The molecule has 0 unspecified atom stereocenters. The summed E-state index contributed by atoms with van der Waals surface area (Å²) in [5.74, 6) is -1.14. The van der Waals surface area contributed by atoms with Gasteiger partial charge in [0.2, 0.25) is 0 Å². The highest BCUT2D eigenvalue weighted by Gasteiger charge is 2.34. The molecule has 5 nitrogen and oxygen atoms in total. The van der Waals surface area contributed by atoms with Crippen molar-refractivity contribution in [1.29, 1.82) is 0 Å². The molecular formula is C22H12Cl3N3O2S2. The number of thiocarbonyl (C=S) groups is 1. The minimum atomic E-state index is -0.588. The van der Waals surface area contributed by atoms with Crippen LogP contribution < -0.4 is 10.2 Å². The van der Waals surface area contributed by atoms with Gasteiger partial charge in [-0.05, 0) is 66.8 Å². The molecule has 1 aliphatic heterocycles. The highest BCUT2D eigenvalue weighted by Crippen LogP contribution is 2.36. The van der Waals surface area contributed by atoms with Crippen molar-refractivity contribution in [3.05, 3.63) is 87.0 Å². The molecule has 2 aromatic carbocycles. The van der Waals surface area contributed by atoms with Gasteiger partial charge in [-0.2, -0.15) is 0 Å². The molecule has 160 valence electrons. The van der Waals surface area contributed by atoms with Gasteiger partial charge >= 0.3 is 0 Å². The monoisotopic (exact) mass is 519 g/mol. The average molecular weight is 521 g/mol. The van der Waals surface area contributed by atoms with Crippen LogP contribution in [0.5, 0.6) is 0 Å². The summed E-state index contributed by atoms with van der Waals surface area (Å²) in [6, 6.07) is 15.2. The molecule has 0 radical (unpaired) electrons. The molecule has 2 amide bonds. The second-order valence-corrected chi connectivity index (χ2v) is 9.21. The summed E-state index contributed by atoms with van der Waals surface area (Å²) < 4.78 is 0. The Morgan fingerprint density at radius 1 is 1.00 bits per heavy atom. The van der Waals surface area contributed by atoms with Crippen molar-refractivity contribution < 1.29 is 9.59 Å². The van der Waals surface area contributed by atoms with E-state index in [1.807, 2.05) is 0 Å². The van der Waals surface area contributed by atoms with E-state index >= 15 is 0 Å². The minimum absolute atomic E-state index is 0.00629. The van der Waals surface area contributed by atoms with Crippen LogP contribution >= 0.6 is 58.8 Å². The molecule has 0 saturated carbocycles. The first-order valence-electron chi connectivity index (χ1n) is 9.08. The van der Waals surface area contributed by atoms with E-state index in [9.17, 15) is 9.59 Å². The van der Waals surface area contributed by atoms with Crippen molar-refractivity contribution in [1.82, 2.24) is 10.3 Å². The highest BCUT2D eigenvalue weighted by atomic mass is 35.5. The van der Waals surface area contributed by atoms with Gasteiger partial charge in [0.25, 0.3) is 11.8 Å². The van der Waals surface area contributed by atoms with Crippen LogP contribution in [-0.4, -0.2) is 21.9 Å². The Morgan fingerprint density at radius 2 is 1.72 bits per heavy atom. The van der Waals surface area contributed by atoms with Crippen LogP contribution in [0, 0.1) is 0 Å². The first-order chi connectivity index (χ1) is 15.3. The lowest BCUT2D eigenvalue weighted by molar-refractivity contribution is -0.122. The van der Waals surface area contributed by atoms with E-state index in [-0.39, 0.29) is 10.7 Å². The number of hydrogen-bond acceptors (Lipinski definition) is 5. The molecule has 1 saturated heterocycles. The minimum Gasteiger partial charge on any atom is -0.298 e. The lowest BCUT2D eigenvalue weighted by Gasteiger charge is -2.29. The fraction of sp³-hybridized carbons (Fsp3) is 0. The lowest BCUT2D eigenvalue weighted by Crippen LogP contribution is -2.54. The van der Waals surface area contributed by atoms with Crippen molar-refractivity contribution in [2.45, 2.75) is 9.92 Å². The molecule has 32 heavy (non-hydrogen) atoms. The third-order valence-electron chi connectivity index (χ3n) is 4.39. The number of pyridine rings is 1. The third-order valence-corrected chi connectivity index (χ3v) is 6.69. The number of nitrogens with zero attached hydrogens (tertiary/aromatic N) is 2. The predicted octanol–water partition coefficient (Wildman–Crippen LogP) is 6.02. The Balaban J connectivity index is 1.71. The summed E-state index contributed by atoms with van der Waals surface area (Å²) in [6.07, 6.45) is 3.10. The van der Waals surface area contributed by atoms with Gasteiger partial charge in [0.15, 0.2) is 5.11 Å². The van der Waals surface area contributed by atoms with Crippen LogP contribution in [-0.2, 0) is 9.59 Å². The van der Waals surface area contributed by atoms with Crippen molar-refractivity contribution in [3.8, 4) is 0 Å². The molecular weight excluding hydrogens is 509 g/mol. The molecule has 0 spiro atoms. The number of carbonyl (C=O) groups excluding carboxylic acids is 2. The van der Waals surface area contributed by atoms with Gasteiger partial charge in [-0.3, -0.25) is 19.8 Å². The largest absolute Gasteiger partial charge is 0.298 e. The number of carbonyl (C=O) groups is 2. The van der Waals surface area contributed by atoms with E-state index in [1.54, 1.807) is 60.8 Å². The maximum atomic E-state index is 13.2. The molecule has 3 aromatic rings. The number of benzene rings is 2. The molecule has 0 atom stereocenters. The second-order valence-electron chi connectivity index (χ2n) is 6.51. The van der Waals surface area contributed by atoms with Crippen LogP contribution in [0.3, 0.4) is 0 Å². The number of rotatable bonds is 4. The van der Waals surface area contributed by atoms with Crippen molar-refractivity contribution in [3.63, 3.8) is 0 Å². The smallest absolute Gasteiger partial charge is 0.270 e. The van der Waals surface area contributed by atoms with E-state index in [4.69, 9.17) is 47.0 Å². The van der Waals surface area contributed by atoms with Gasteiger partial charge in [-0.1, -0.05) is 52.6 Å². The highest BCUT2D eigenvalue weighted by molar-refractivity contribution is 7.99. The molecule has 1 aromatic heterocycles. The summed E-state index contributed by atoms with van der Waals surface area (Å²) >= 11 is 24.7. The lowest BCUT2D eigenvalue weighted by atomic mass is 10.1. The summed E-state index contributed by atoms with van der Waals surface area (Å²) in [5, 5.41) is 4.62. The van der Waals surface area contributed by atoms with E-state index in [0.717, 1.165) is 4.90 Å². The van der Waals surface area contributed by atoms with Crippen molar-refractivity contribution in [2.75, 3.05) is 4.90 Å². The van der Waals surface area contributed by atoms with Crippen molar-refractivity contribution in [2.24, 2.45) is 0 Å². The third kappa shape index (κ3) is 4.82. The SMILES string of the molecule is O=C1NC(=S)N(c2ccc(Cl)cc2)C(=O)/C1=C\c1cccnc1Sc1ccc(Cl)cc1Cl. The maximum Gasteiger partial charge on any atom is 0.270 e. The number of hydrogen-bond donors (Lipinski definition) is 1. The van der Waals surface area contributed by atoms with Crippen LogP contribution in [0.2, 0.25) is 15.1 Å². The zero-order valence-electron chi connectivity index (χ0n) is 16.0. The summed E-state index contributed by atoms with van der Waals surface area (Å²) in [6.45, 7) is 0. The van der Waals surface area contributed by atoms with Crippen molar-refractivity contribution >= 4 is 87.5 Å². The number of aromatic nitrogens is 1. The molecule has 1 N–H and O–H groups in total. The Bertz CT molecular complexity index is 1280. The van der Waals surface area contributed by atoms with Gasteiger partial charge in [-0.25, -0.2) is 4.98 Å².